The Hall–Kier alpha value is -3.61. The van der Waals surface area contributed by atoms with Gasteiger partial charge in [0.05, 0.1) is 5.56 Å². The lowest BCUT2D eigenvalue weighted by Crippen LogP contribution is -2.46. The highest BCUT2D eigenvalue weighted by Crippen LogP contribution is 2.29. The number of carbonyl (C=O) groups is 2. The Morgan fingerprint density at radius 1 is 0.789 bits per heavy atom. The Morgan fingerprint density at radius 2 is 1.37 bits per heavy atom. The quantitative estimate of drug-likeness (QED) is 0.242. The highest BCUT2D eigenvalue weighted by molar-refractivity contribution is 5.84. The molecule has 0 bridgehead atoms. The van der Waals surface area contributed by atoms with Crippen LogP contribution in [-0.4, -0.2) is 27.9 Å². The van der Waals surface area contributed by atoms with E-state index >= 15 is 0 Å². The predicted octanol–water partition coefficient (Wildman–Crippen LogP) is 7.10. The number of benzene rings is 3. The van der Waals surface area contributed by atoms with Gasteiger partial charge in [0.25, 0.3) is 0 Å². The summed E-state index contributed by atoms with van der Waals surface area (Å²) in [5, 5.41) is 10.1. The third kappa shape index (κ3) is 8.75. The lowest BCUT2D eigenvalue weighted by Gasteiger charge is -2.30. The molecule has 7 heteroatoms. The Labute approximate surface area is 222 Å². The van der Waals surface area contributed by atoms with E-state index in [0.717, 1.165) is 48.9 Å². The van der Waals surface area contributed by atoms with Crippen LogP contribution in [0.3, 0.4) is 0 Å². The van der Waals surface area contributed by atoms with Crippen molar-refractivity contribution in [1.29, 1.82) is 0 Å². The molecule has 0 saturated heterocycles. The predicted molar refractivity (Wildman–Crippen MR) is 142 cm³/mol. The van der Waals surface area contributed by atoms with E-state index in [-0.39, 0.29) is 31.7 Å². The minimum absolute atomic E-state index is 0.0148. The number of nitrogens with zero attached hydrogens (tertiary/aromatic N) is 1. The van der Waals surface area contributed by atoms with Crippen LogP contribution >= 0.6 is 0 Å². The van der Waals surface area contributed by atoms with Crippen LogP contribution in [0, 0.1) is 0 Å². The molecule has 0 aromatic heterocycles. The second-order valence-electron chi connectivity index (χ2n) is 9.53. The number of rotatable bonds is 13. The maximum Gasteiger partial charge on any atom is 0.416 e. The summed E-state index contributed by atoms with van der Waals surface area (Å²) in [5.74, 6) is -1.46. The summed E-state index contributed by atoms with van der Waals surface area (Å²) >= 11 is 0. The van der Waals surface area contributed by atoms with Gasteiger partial charge in [-0.05, 0) is 53.6 Å². The molecule has 4 nitrogen and oxygen atoms in total. The summed E-state index contributed by atoms with van der Waals surface area (Å²) in [4.78, 5) is 27.1. The van der Waals surface area contributed by atoms with Gasteiger partial charge in [0.1, 0.15) is 6.04 Å². The molecule has 1 N–H and O–H groups in total. The lowest BCUT2D eigenvalue weighted by atomic mass is 10.0. The number of hydrogen-bond acceptors (Lipinski definition) is 2. The number of carbonyl (C=O) groups excluding carboxylic acids is 1. The number of alkyl halides is 3. The van der Waals surface area contributed by atoms with Crippen molar-refractivity contribution < 1.29 is 27.9 Å². The van der Waals surface area contributed by atoms with Gasteiger partial charge in [-0.15, -0.1) is 0 Å². The highest BCUT2D eigenvalue weighted by atomic mass is 19.4. The molecule has 3 rings (SSSR count). The van der Waals surface area contributed by atoms with E-state index in [1.807, 2.05) is 54.6 Å². The van der Waals surface area contributed by atoms with Crippen LogP contribution < -0.4 is 0 Å². The highest BCUT2D eigenvalue weighted by Gasteiger charge is 2.31. The maximum atomic E-state index is 13.4. The summed E-state index contributed by atoms with van der Waals surface area (Å²) < 4.78 is 38.6. The van der Waals surface area contributed by atoms with Crippen molar-refractivity contribution in [3.8, 4) is 0 Å². The summed E-state index contributed by atoms with van der Waals surface area (Å²) in [6.07, 6.45) is 0.279. The molecule has 0 saturated carbocycles. The van der Waals surface area contributed by atoms with Crippen molar-refractivity contribution in [1.82, 2.24) is 4.90 Å². The van der Waals surface area contributed by atoms with E-state index in [1.165, 1.54) is 22.6 Å². The molecule has 3 aromatic carbocycles. The summed E-state index contributed by atoms with van der Waals surface area (Å²) in [6.45, 7) is 2.28. The summed E-state index contributed by atoms with van der Waals surface area (Å²) in [5.41, 5.74) is 2.65. The SMILES string of the molecule is CCCCCc1ccc(CN(C(=O)CCc2ccc(C(F)(F)F)cc2)[C@@H](Cc2ccccc2)C(=O)O)cc1. The molecular formula is C31H34F3NO3. The van der Waals surface area contributed by atoms with Crippen LogP contribution in [0.25, 0.3) is 0 Å². The molecule has 0 aliphatic heterocycles. The van der Waals surface area contributed by atoms with Gasteiger partial charge in [-0.2, -0.15) is 13.2 Å². The van der Waals surface area contributed by atoms with Gasteiger partial charge in [0.15, 0.2) is 0 Å². The monoisotopic (exact) mass is 525 g/mol. The van der Waals surface area contributed by atoms with Crippen molar-refractivity contribution in [3.05, 3.63) is 107 Å². The molecule has 202 valence electrons. The smallest absolute Gasteiger partial charge is 0.416 e. The number of carboxylic acid groups (broad SMARTS) is 1. The van der Waals surface area contributed by atoms with E-state index in [2.05, 4.69) is 6.92 Å². The molecule has 38 heavy (non-hydrogen) atoms. The molecular weight excluding hydrogens is 491 g/mol. The minimum atomic E-state index is -4.43. The van der Waals surface area contributed by atoms with Gasteiger partial charge in [-0.25, -0.2) is 4.79 Å². The van der Waals surface area contributed by atoms with Crippen molar-refractivity contribution >= 4 is 11.9 Å². The number of aliphatic carboxylic acids is 1. The zero-order chi connectivity index (χ0) is 27.5. The van der Waals surface area contributed by atoms with Crippen molar-refractivity contribution in [2.75, 3.05) is 0 Å². The Bertz CT molecular complexity index is 1160. The molecule has 3 aromatic rings. The fourth-order valence-electron chi connectivity index (χ4n) is 4.38. The van der Waals surface area contributed by atoms with E-state index in [0.29, 0.717) is 5.56 Å². The van der Waals surface area contributed by atoms with Crippen LogP contribution in [0.5, 0.6) is 0 Å². The van der Waals surface area contributed by atoms with Crippen molar-refractivity contribution in [3.63, 3.8) is 0 Å². The Morgan fingerprint density at radius 3 is 1.95 bits per heavy atom. The molecule has 0 radical (unpaired) electrons. The van der Waals surface area contributed by atoms with Gasteiger partial charge in [-0.3, -0.25) is 4.79 Å². The van der Waals surface area contributed by atoms with Gasteiger partial charge >= 0.3 is 12.1 Å². The third-order valence-electron chi connectivity index (χ3n) is 6.61. The van der Waals surface area contributed by atoms with E-state index < -0.39 is 23.8 Å². The fraction of sp³-hybridized carbons (Fsp3) is 0.355. The lowest BCUT2D eigenvalue weighted by molar-refractivity contribution is -0.150. The zero-order valence-electron chi connectivity index (χ0n) is 21.6. The molecule has 0 fully saturated rings. The van der Waals surface area contributed by atoms with Gasteiger partial charge in [0, 0.05) is 19.4 Å². The molecule has 0 heterocycles. The average molecular weight is 526 g/mol. The number of amides is 1. The first-order chi connectivity index (χ1) is 18.2. The summed E-state index contributed by atoms with van der Waals surface area (Å²) in [6, 6.07) is 20.7. The summed E-state index contributed by atoms with van der Waals surface area (Å²) in [7, 11) is 0. The molecule has 0 aliphatic carbocycles. The number of unbranched alkanes of at least 4 members (excludes halogenated alkanes) is 2. The largest absolute Gasteiger partial charge is 0.480 e. The van der Waals surface area contributed by atoms with Crippen LogP contribution in [0.4, 0.5) is 13.2 Å². The minimum Gasteiger partial charge on any atom is -0.480 e. The first kappa shape index (κ1) is 29.0. The molecule has 1 atom stereocenters. The normalized spacial score (nSPS) is 12.2. The molecule has 0 unspecified atom stereocenters. The van der Waals surface area contributed by atoms with E-state index in [4.69, 9.17) is 0 Å². The topological polar surface area (TPSA) is 57.6 Å². The van der Waals surface area contributed by atoms with Crippen LogP contribution in [0.15, 0.2) is 78.9 Å². The fourth-order valence-corrected chi connectivity index (χ4v) is 4.38. The number of carboxylic acids is 1. The van der Waals surface area contributed by atoms with E-state index in [1.54, 1.807) is 0 Å². The average Bonchev–Trinajstić information content (AvgIpc) is 2.90. The van der Waals surface area contributed by atoms with Crippen LogP contribution in [0.2, 0.25) is 0 Å². The molecule has 1 amide bonds. The Kier molecular flexibility index (Phi) is 10.5. The zero-order valence-corrected chi connectivity index (χ0v) is 21.6. The molecule has 0 aliphatic rings. The van der Waals surface area contributed by atoms with Crippen molar-refractivity contribution in [2.45, 2.75) is 70.6 Å². The number of aryl methyl sites for hydroxylation is 2. The number of hydrogen-bond donors (Lipinski definition) is 1. The second kappa shape index (κ2) is 13.8. The Balaban J connectivity index is 1.78. The standard InChI is InChI=1S/C31H34F3NO3/c1-2-3-5-8-23-11-13-26(14-12-23)22-35(28(30(37)38)21-25-9-6-4-7-10-25)29(36)20-17-24-15-18-27(19-16-24)31(32,33)34/h4,6-7,9-16,18-19,28H,2-3,5,8,17,20-22H2,1H3,(H,37,38)/t28-/m0/s1. The van der Waals surface area contributed by atoms with Crippen LogP contribution in [0.1, 0.15) is 60.4 Å². The van der Waals surface area contributed by atoms with Crippen LogP contribution in [-0.2, 0) is 41.6 Å². The molecule has 0 spiro atoms. The number of halogens is 3. The first-order valence-electron chi connectivity index (χ1n) is 13.0. The maximum absolute atomic E-state index is 13.4. The van der Waals surface area contributed by atoms with Gasteiger partial charge < -0.3 is 10.0 Å². The third-order valence-corrected chi connectivity index (χ3v) is 6.61. The van der Waals surface area contributed by atoms with Gasteiger partial charge in [0.2, 0.25) is 5.91 Å². The van der Waals surface area contributed by atoms with E-state index in [9.17, 15) is 27.9 Å². The second-order valence-corrected chi connectivity index (χ2v) is 9.53. The van der Waals surface area contributed by atoms with Gasteiger partial charge in [-0.1, -0.05) is 86.5 Å². The first-order valence-corrected chi connectivity index (χ1v) is 13.0. The van der Waals surface area contributed by atoms with Crippen molar-refractivity contribution in [2.24, 2.45) is 0 Å².